The van der Waals surface area contributed by atoms with Crippen LogP contribution < -0.4 is 0 Å². The van der Waals surface area contributed by atoms with Gasteiger partial charge in [-0.1, -0.05) is 29.3 Å². The molecule has 0 spiro atoms. The van der Waals surface area contributed by atoms with E-state index in [-0.39, 0.29) is 0 Å². The summed E-state index contributed by atoms with van der Waals surface area (Å²) in [6.07, 6.45) is 0. The van der Waals surface area contributed by atoms with Gasteiger partial charge in [-0.2, -0.15) is 0 Å². The molecule has 0 unspecified atom stereocenters. The minimum atomic E-state index is 0.433. The fourth-order valence-electron chi connectivity index (χ4n) is 1.87. The molecule has 2 nitrogen and oxygen atoms in total. The van der Waals surface area contributed by atoms with E-state index in [9.17, 15) is 0 Å². The summed E-state index contributed by atoms with van der Waals surface area (Å²) in [6, 6.07) is 5.71. The van der Waals surface area contributed by atoms with E-state index in [1.165, 1.54) is 0 Å². The first-order valence-corrected chi connectivity index (χ1v) is 7.86. The molecule has 0 aliphatic rings. The number of nitrogens with zero attached hydrogens (tertiary/aromatic N) is 2. The van der Waals surface area contributed by atoms with Crippen LogP contribution in [0, 0.1) is 6.92 Å². The van der Waals surface area contributed by atoms with Crippen molar-refractivity contribution in [3.05, 3.63) is 43.1 Å². The van der Waals surface area contributed by atoms with E-state index in [0.717, 1.165) is 20.3 Å². The van der Waals surface area contributed by atoms with Crippen LogP contribution in [0.5, 0.6) is 0 Å². The van der Waals surface area contributed by atoms with E-state index in [2.05, 4.69) is 25.9 Å². The van der Waals surface area contributed by atoms with Crippen LogP contribution in [0.1, 0.15) is 5.56 Å². The molecule has 0 bridgehead atoms. The quantitative estimate of drug-likeness (QED) is 0.508. The van der Waals surface area contributed by atoms with Crippen LogP contribution in [-0.4, -0.2) is 9.97 Å². The number of rotatable bonds is 1. The summed E-state index contributed by atoms with van der Waals surface area (Å²) in [5, 5.41) is 3.81. The van der Waals surface area contributed by atoms with Crippen LogP contribution in [0.25, 0.3) is 22.3 Å². The number of halogens is 3. The molecule has 2 aromatic heterocycles. The van der Waals surface area contributed by atoms with Crippen LogP contribution in [0.15, 0.2) is 27.4 Å². The predicted octanol–water partition coefficient (Wildman–Crippen LogP) is 5.74. The van der Waals surface area contributed by atoms with E-state index in [0.29, 0.717) is 21.5 Å². The van der Waals surface area contributed by atoms with Crippen molar-refractivity contribution in [1.82, 2.24) is 9.97 Å². The average molecular weight is 374 g/mol. The third kappa shape index (κ3) is 2.38. The third-order valence-corrected chi connectivity index (χ3v) is 4.87. The molecule has 0 saturated carbocycles. The van der Waals surface area contributed by atoms with Crippen LogP contribution >= 0.6 is 50.5 Å². The first kappa shape index (κ1) is 13.3. The Morgan fingerprint density at radius 1 is 1.21 bits per heavy atom. The second-order valence-electron chi connectivity index (χ2n) is 4.07. The minimum absolute atomic E-state index is 0.433. The number of hydrogen-bond donors (Lipinski definition) is 0. The first-order valence-electron chi connectivity index (χ1n) is 5.43. The highest BCUT2D eigenvalue weighted by molar-refractivity contribution is 9.11. The minimum Gasteiger partial charge on any atom is -0.226 e. The van der Waals surface area contributed by atoms with Gasteiger partial charge < -0.3 is 0 Å². The topological polar surface area (TPSA) is 25.8 Å². The smallest absolute Gasteiger partial charge is 0.162 e. The number of thiophene rings is 1. The Morgan fingerprint density at radius 2 is 2.00 bits per heavy atom. The van der Waals surface area contributed by atoms with Crippen molar-refractivity contribution < 1.29 is 0 Å². The van der Waals surface area contributed by atoms with Crippen molar-refractivity contribution >= 4 is 61.4 Å². The summed E-state index contributed by atoms with van der Waals surface area (Å²) in [6.45, 7) is 1.97. The second-order valence-corrected chi connectivity index (χ2v) is 7.12. The molecule has 96 valence electrons. The maximum Gasteiger partial charge on any atom is 0.162 e. The zero-order valence-electron chi connectivity index (χ0n) is 9.75. The number of aryl methyl sites for hydroxylation is 1. The highest BCUT2D eigenvalue weighted by atomic mass is 79.9. The maximum atomic E-state index is 6.28. The van der Waals surface area contributed by atoms with Gasteiger partial charge in [-0.3, -0.25) is 0 Å². The Labute approximate surface area is 132 Å². The summed E-state index contributed by atoms with van der Waals surface area (Å²) < 4.78 is 1.03. The van der Waals surface area contributed by atoms with E-state index in [1.807, 2.05) is 30.5 Å². The molecule has 3 aromatic rings. The lowest BCUT2D eigenvalue weighted by atomic mass is 10.1. The Kier molecular flexibility index (Phi) is 3.52. The van der Waals surface area contributed by atoms with Crippen LogP contribution in [0.3, 0.4) is 0 Å². The summed E-state index contributed by atoms with van der Waals surface area (Å²) in [7, 11) is 0. The van der Waals surface area contributed by atoms with Gasteiger partial charge in [-0.05, 0) is 40.5 Å². The van der Waals surface area contributed by atoms with Gasteiger partial charge in [0, 0.05) is 16.3 Å². The summed E-state index contributed by atoms with van der Waals surface area (Å²) in [5.41, 5.74) is 2.64. The molecule has 0 aliphatic heterocycles. The van der Waals surface area contributed by atoms with Crippen molar-refractivity contribution in [3.8, 4) is 11.4 Å². The third-order valence-electron chi connectivity index (χ3n) is 2.79. The molecule has 0 atom stereocenters. The van der Waals surface area contributed by atoms with Gasteiger partial charge >= 0.3 is 0 Å². The molecule has 3 rings (SSSR count). The Hall–Kier alpha value is -0.680. The first-order chi connectivity index (χ1) is 9.06. The molecule has 2 heterocycles. The number of benzene rings is 1. The lowest BCUT2D eigenvalue weighted by Gasteiger charge is -2.07. The van der Waals surface area contributed by atoms with Crippen LogP contribution in [0.2, 0.25) is 10.2 Å². The molecule has 0 amide bonds. The van der Waals surface area contributed by atoms with Gasteiger partial charge in [0.25, 0.3) is 0 Å². The molecular formula is C13H7BrCl2N2S. The van der Waals surface area contributed by atoms with E-state index < -0.39 is 0 Å². The van der Waals surface area contributed by atoms with E-state index in [4.69, 9.17) is 23.2 Å². The highest BCUT2D eigenvalue weighted by Gasteiger charge is 2.13. The average Bonchev–Trinajstić information content (AvgIpc) is 2.80. The fourth-order valence-corrected chi connectivity index (χ4v) is 3.53. The number of fused-ring (bicyclic) bond motifs is 1. The maximum absolute atomic E-state index is 6.28. The van der Waals surface area contributed by atoms with E-state index >= 15 is 0 Å². The van der Waals surface area contributed by atoms with Crippen LogP contribution in [0.4, 0.5) is 0 Å². The van der Waals surface area contributed by atoms with Gasteiger partial charge in [0.05, 0.1) is 14.3 Å². The summed E-state index contributed by atoms with van der Waals surface area (Å²) in [5.74, 6) is 0.590. The molecular weight excluding hydrogens is 367 g/mol. The molecule has 0 saturated heterocycles. The zero-order chi connectivity index (χ0) is 13.6. The van der Waals surface area contributed by atoms with Gasteiger partial charge in [0.15, 0.2) is 5.82 Å². The summed E-state index contributed by atoms with van der Waals surface area (Å²) in [4.78, 5) is 8.91. The van der Waals surface area contributed by atoms with Crippen molar-refractivity contribution in [2.24, 2.45) is 0 Å². The SMILES string of the molecule is Cc1ccc(Cl)c2nc(-c3csc(Br)c3)nc(Cl)c12. The van der Waals surface area contributed by atoms with Gasteiger partial charge in [0.1, 0.15) is 5.15 Å². The number of aromatic nitrogens is 2. The van der Waals surface area contributed by atoms with E-state index in [1.54, 1.807) is 11.3 Å². The molecule has 0 radical (unpaired) electrons. The predicted molar refractivity (Wildman–Crippen MR) is 85.3 cm³/mol. The Morgan fingerprint density at radius 3 is 2.68 bits per heavy atom. The molecule has 0 fully saturated rings. The van der Waals surface area contributed by atoms with Gasteiger partial charge in [0.2, 0.25) is 0 Å². The molecule has 19 heavy (non-hydrogen) atoms. The fraction of sp³-hybridized carbons (Fsp3) is 0.0769. The largest absolute Gasteiger partial charge is 0.226 e. The monoisotopic (exact) mass is 372 g/mol. The molecule has 0 N–H and O–H groups in total. The lowest BCUT2D eigenvalue weighted by molar-refractivity contribution is 1.22. The van der Waals surface area contributed by atoms with Crippen LogP contribution in [-0.2, 0) is 0 Å². The highest BCUT2D eigenvalue weighted by Crippen LogP contribution is 2.33. The molecule has 0 aliphatic carbocycles. The van der Waals surface area contributed by atoms with Crippen molar-refractivity contribution in [1.29, 1.82) is 0 Å². The Bertz CT molecular complexity index is 786. The lowest BCUT2D eigenvalue weighted by Crippen LogP contribution is -1.93. The van der Waals surface area contributed by atoms with Crippen molar-refractivity contribution in [3.63, 3.8) is 0 Å². The van der Waals surface area contributed by atoms with Gasteiger partial charge in [-0.25, -0.2) is 9.97 Å². The standard InChI is InChI=1S/C13H7BrCl2N2S/c1-6-2-3-8(15)11-10(6)12(16)18-13(17-11)7-4-9(14)19-5-7/h2-5H,1H3. The van der Waals surface area contributed by atoms with Crippen molar-refractivity contribution in [2.45, 2.75) is 6.92 Å². The van der Waals surface area contributed by atoms with Crippen molar-refractivity contribution in [2.75, 3.05) is 0 Å². The normalized spacial score (nSPS) is 11.2. The number of hydrogen-bond acceptors (Lipinski definition) is 3. The molecule has 1 aromatic carbocycles. The molecule has 6 heteroatoms. The van der Waals surface area contributed by atoms with Gasteiger partial charge in [-0.15, -0.1) is 11.3 Å². The second kappa shape index (κ2) is 5.02. The zero-order valence-corrected chi connectivity index (χ0v) is 13.7. The summed E-state index contributed by atoms with van der Waals surface area (Å²) >= 11 is 17.5. The Balaban J connectivity index is 2.33.